The van der Waals surface area contributed by atoms with Gasteiger partial charge in [0.05, 0.1) is 31.1 Å². The van der Waals surface area contributed by atoms with Crippen molar-refractivity contribution in [2.75, 3.05) is 20.0 Å². The van der Waals surface area contributed by atoms with E-state index in [9.17, 15) is 4.79 Å². The van der Waals surface area contributed by atoms with Crippen molar-refractivity contribution in [1.82, 2.24) is 5.32 Å². The molecule has 2 aromatic carbocycles. The van der Waals surface area contributed by atoms with E-state index >= 15 is 0 Å². The standard InChI is InChI=1S/C21H23N3O3/c1-26-18-6-4-3-5-13(18)7-11-16(22)19-17(23)12-10-15(20(19)27-2)21(25)24-14-8-9-14/h3-7,10-12,14,22H,8-9,23H2,1-2H3,(H,24,25)/b11-7+,22-16?. The zero-order valence-corrected chi connectivity index (χ0v) is 15.4. The number of anilines is 1. The second-order valence-electron chi connectivity index (χ2n) is 6.35. The number of nitrogens with two attached hydrogens (primary N) is 1. The minimum Gasteiger partial charge on any atom is -0.496 e. The van der Waals surface area contributed by atoms with Crippen molar-refractivity contribution in [3.8, 4) is 11.5 Å². The van der Waals surface area contributed by atoms with Crippen molar-refractivity contribution < 1.29 is 14.3 Å². The van der Waals surface area contributed by atoms with Crippen LogP contribution in [0.25, 0.3) is 6.08 Å². The lowest BCUT2D eigenvalue weighted by molar-refractivity contribution is 0.0948. The van der Waals surface area contributed by atoms with Gasteiger partial charge in [-0.25, -0.2) is 0 Å². The van der Waals surface area contributed by atoms with Crippen molar-refractivity contribution >= 4 is 23.4 Å². The average Bonchev–Trinajstić information content (AvgIpc) is 3.49. The van der Waals surface area contributed by atoms with Crippen molar-refractivity contribution in [3.63, 3.8) is 0 Å². The SMILES string of the molecule is COc1ccccc1/C=C/C(=N)c1c(N)ccc(C(=O)NC2CC2)c1OC. The van der Waals surface area contributed by atoms with Crippen LogP contribution >= 0.6 is 0 Å². The first kappa shape index (κ1) is 18.5. The predicted molar refractivity (Wildman–Crippen MR) is 107 cm³/mol. The molecule has 0 aromatic heterocycles. The van der Waals surface area contributed by atoms with Crippen molar-refractivity contribution in [3.05, 3.63) is 59.2 Å². The molecule has 1 saturated carbocycles. The van der Waals surface area contributed by atoms with E-state index in [2.05, 4.69) is 5.32 Å². The van der Waals surface area contributed by atoms with E-state index in [0.717, 1.165) is 18.4 Å². The maximum Gasteiger partial charge on any atom is 0.255 e. The lowest BCUT2D eigenvalue weighted by atomic mass is 10.0. The van der Waals surface area contributed by atoms with Crippen LogP contribution in [0, 0.1) is 5.41 Å². The first-order valence-corrected chi connectivity index (χ1v) is 8.72. The van der Waals surface area contributed by atoms with Crippen molar-refractivity contribution in [1.29, 1.82) is 5.41 Å². The molecule has 0 heterocycles. The molecule has 0 spiro atoms. The van der Waals surface area contributed by atoms with E-state index in [1.807, 2.05) is 24.3 Å². The molecule has 27 heavy (non-hydrogen) atoms. The molecular weight excluding hydrogens is 342 g/mol. The second-order valence-corrected chi connectivity index (χ2v) is 6.35. The van der Waals surface area contributed by atoms with E-state index in [4.69, 9.17) is 20.6 Å². The van der Waals surface area contributed by atoms with Gasteiger partial charge in [-0.05, 0) is 43.2 Å². The molecule has 2 aromatic rings. The van der Waals surface area contributed by atoms with E-state index in [1.165, 1.54) is 7.11 Å². The van der Waals surface area contributed by atoms with Crippen LogP contribution in [0.3, 0.4) is 0 Å². The number of nitrogens with one attached hydrogen (secondary N) is 2. The van der Waals surface area contributed by atoms with Gasteiger partial charge in [0.2, 0.25) is 0 Å². The molecule has 6 heteroatoms. The zero-order chi connectivity index (χ0) is 19.4. The summed E-state index contributed by atoms with van der Waals surface area (Å²) in [4.78, 5) is 12.5. The first-order valence-electron chi connectivity index (χ1n) is 8.72. The maximum atomic E-state index is 12.5. The van der Waals surface area contributed by atoms with Crippen LogP contribution in [0.5, 0.6) is 11.5 Å². The number of nitrogen functional groups attached to an aromatic ring is 1. The third kappa shape index (κ3) is 4.11. The average molecular weight is 365 g/mol. The number of para-hydroxylation sites is 1. The summed E-state index contributed by atoms with van der Waals surface area (Å²) in [6.45, 7) is 0. The molecule has 0 saturated heterocycles. The van der Waals surface area contributed by atoms with E-state index in [0.29, 0.717) is 28.3 Å². The van der Waals surface area contributed by atoms with Gasteiger partial charge in [-0.15, -0.1) is 0 Å². The number of rotatable bonds is 7. The fraction of sp³-hybridized carbons (Fsp3) is 0.238. The maximum absolute atomic E-state index is 12.5. The summed E-state index contributed by atoms with van der Waals surface area (Å²) in [7, 11) is 3.07. The lowest BCUT2D eigenvalue weighted by Crippen LogP contribution is -2.26. The number of methoxy groups -OCH3 is 2. The highest BCUT2D eigenvalue weighted by atomic mass is 16.5. The molecule has 1 aliphatic rings. The Morgan fingerprint density at radius 2 is 1.93 bits per heavy atom. The zero-order valence-electron chi connectivity index (χ0n) is 15.4. The topological polar surface area (TPSA) is 97.4 Å². The van der Waals surface area contributed by atoms with Crippen molar-refractivity contribution in [2.24, 2.45) is 0 Å². The summed E-state index contributed by atoms with van der Waals surface area (Å²) in [6, 6.07) is 11.0. The quantitative estimate of drug-likeness (QED) is 0.518. The van der Waals surface area contributed by atoms with Crippen LogP contribution in [0.1, 0.15) is 34.3 Å². The highest BCUT2D eigenvalue weighted by molar-refractivity contribution is 6.15. The van der Waals surface area contributed by atoms with Crippen LogP contribution in [-0.4, -0.2) is 31.9 Å². The summed E-state index contributed by atoms with van der Waals surface area (Å²) < 4.78 is 10.8. The number of amides is 1. The second kappa shape index (κ2) is 7.95. The summed E-state index contributed by atoms with van der Waals surface area (Å²) in [6.07, 6.45) is 5.38. The number of ether oxygens (including phenoxy) is 2. The third-order valence-corrected chi connectivity index (χ3v) is 4.39. The lowest BCUT2D eigenvalue weighted by Gasteiger charge is -2.15. The van der Waals surface area contributed by atoms with Gasteiger partial charge in [0.15, 0.2) is 0 Å². The molecule has 0 aliphatic heterocycles. The Bertz CT molecular complexity index is 902. The molecule has 0 unspecified atom stereocenters. The van der Waals surface area contributed by atoms with Gasteiger partial charge < -0.3 is 25.9 Å². The molecule has 1 amide bonds. The van der Waals surface area contributed by atoms with Crippen molar-refractivity contribution in [2.45, 2.75) is 18.9 Å². The number of carbonyl (C=O) groups excluding carboxylic acids is 1. The molecule has 0 atom stereocenters. The summed E-state index contributed by atoms with van der Waals surface area (Å²) in [5.41, 5.74) is 8.24. The van der Waals surface area contributed by atoms with E-state index in [-0.39, 0.29) is 17.7 Å². The molecule has 0 radical (unpaired) electrons. The summed E-state index contributed by atoms with van der Waals surface area (Å²) >= 11 is 0. The molecule has 6 nitrogen and oxygen atoms in total. The fourth-order valence-corrected chi connectivity index (χ4v) is 2.82. The van der Waals surface area contributed by atoms with Gasteiger partial charge in [-0.2, -0.15) is 0 Å². The Hall–Kier alpha value is -3.28. The Balaban J connectivity index is 1.93. The molecule has 1 fully saturated rings. The molecule has 0 bridgehead atoms. The van der Waals surface area contributed by atoms with Gasteiger partial charge in [-0.1, -0.05) is 18.2 Å². The summed E-state index contributed by atoms with van der Waals surface area (Å²) in [5.74, 6) is 0.805. The van der Waals surface area contributed by atoms with E-state index in [1.54, 1.807) is 31.4 Å². The molecule has 4 N–H and O–H groups in total. The van der Waals surface area contributed by atoms with Crippen LogP contribution < -0.4 is 20.5 Å². The van der Waals surface area contributed by atoms with Gasteiger partial charge in [0.25, 0.3) is 5.91 Å². The Kier molecular flexibility index (Phi) is 5.45. The fourth-order valence-electron chi connectivity index (χ4n) is 2.82. The smallest absolute Gasteiger partial charge is 0.255 e. The number of allylic oxidation sites excluding steroid dienone is 1. The number of hydrogen-bond acceptors (Lipinski definition) is 5. The van der Waals surface area contributed by atoms with Gasteiger partial charge >= 0.3 is 0 Å². The third-order valence-electron chi connectivity index (χ3n) is 4.39. The largest absolute Gasteiger partial charge is 0.496 e. The predicted octanol–water partition coefficient (Wildman–Crippen LogP) is 3.26. The monoisotopic (exact) mass is 365 g/mol. The molecule has 140 valence electrons. The normalized spacial score (nSPS) is 13.4. The van der Waals surface area contributed by atoms with E-state index < -0.39 is 0 Å². The Morgan fingerprint density at radius 1 is 1.19 bits per heavy atom. The van der Waals surface area contributed by atoms with Gasteiger partial charge in [-0.3, -0.25) is 4.79 Å². The van der Waals surface area contributed by atoms with Gasteiger partial charge in [0.1, 0.15) is 11.5 Å². The highest BCUT2D eigenvalue weighted by Gasteiger charge is 2.26. The van der Waals surface area contributed by atoms with Crippen LogP contribution in [0.4, 0.5) is 5.69 Å². The van der Waals surface area contributed by atoms with Crippen LogP contribution in [-0.2, 0) is 0 Å². The van der Waals surface area contributed by atoms with Crippen LogP contribution in [0.15, 0.2) is 42.5 Å². The molecular formula is C21H23N3O3. The summed E-state index contributed by atoms with van der Waals surface area (Å²) in [5, 5.41) is 11.4. The highest BCUT2D eigenvalue weighted by Crippen LogP contribution is 2.31. The number of carbonyl (C=O) groups is 1. The number of hydrogen-bond donors (Lipinski definition) is 3. The van der Waals surface area contributed by atoms with Gasteiger partial charge in [0, 0.05) is 17.3 Å². The minimum atomic E-state index is -0.211. The number of benzene rings is 2. The minimum absolute atomic E-state index is 0.149. The Morgan fingerprint density at radius 3 is 2.59 bits per heavy atom. The molecule has 3 rings (SSSR count). The molecule has 1 aliphatic carbocycles. The Labute approximate surface area is 158 Å². The first-order chi connectivity index (χ1) is 13.0. The van der Waals surface area contributed by atoms with Crippen LogP contribution in [0.2, 0.25) is 0 Å².